The van der Waals surface area contributed by atoms with Gasteiger partial charge in [0.15, 0.2) is 5.13 Å². The molecule has 3 nitrogen and oxygen atoms in total. The summed E-state index contributed by atoms with van der Waals surface area (Å²) >= 11 is 3.54. The summed E-state index contributed by atoms with van der Waals surface area (Å²) in [6.07, 6.45) is 0. The second-order valence-corrected chi connectivity index (χ2v) is 6.82. The molecule has 104 valence electrons. The van der Waals surface area contributed by atoms with E-state index in [1.54, 1.807) is 22.7 Å². The standard InChI is InChI=1S/C14H21N3S2/c1-10(2)13-12(7-15-3)19-14(16-13)17(4)8-11-5-6-18-9-11/h5-6,9-10,15H,7-8H2,1-4H3. The molecule has 0 aliphatic rings. The van der Waals surface area contributed by atoms with Crippen LogP contribution in [0.2, 0.25) is 0 Å². The molecule has 0 aliphatic heterocycles. The Balaban J connectivity index is 2.17. The van der Waals surface area contributed by atoms with Crippen molar-refractivity contribution < 1.29 is 0 Å². The highest BCUT2D eigenvalue weighted by atomic mass is 32.1. The molecule has 0 unspecified atom stereocenters. The van der Waals surface area contributed by atoms with Crippen LogP contribution in [-0.2, 0) is 13.1 Å². The van der Waals surface area contributed by atoms with E-state index in [0.717, 1.165) is 18.2 Å². The Hall–Kier alpha value is -0.910. The van der Waals surface area contributed by atoms with E-state index in [1.807, 2.05) is 7.05 Å². The first-order chi connectivity index (χ1) is 9.11. The molecule has 2 aromatic heterocycles. The molecule has 0 radical (unpaired) electrons. The van der Waals surface area contributed by atoms with Gasteiger partial charge in [0.2, 0.25) is 0 Å². The van der Waals surface area contributed by atoms with Crippen LogP contribution in [-0.4, -0.2) is 19.1 Å². The van der Waals surface area contributed by atoms with Gasteiger partial charge in [-0.1, -0.05) is 13.8 Å². The normalized spacial score (nSPS) is 11.2. The zero-order chi connectivity index (χ0) is 13.8. The summed E-state index contributed by atoms with van der Waals surface area (Å²) in [5.41, 5.74) is 2.58. The molecule has 0 spiro atoms. The average Bonchev–Trinajstić information content (AvgIpc) is 2.98. The van der Waals surface area contributed by atoms with Crippen molar-refractivity contribution in [2.75, 3.05) is 19.0 Å². The van der Waals surface area contributed by atoms with Gasteiger partial charge in [-0.15, -0.1) is 11.3 Å². The van der Waals surface area contributed by atoms with Crippen molar-refractivity contribution in [2.45, 2.75) is 32.9 Å². The minimum atomic E-state index is 0.475. The first-order valence-corrected chi connectivity index (χ1v) is 8.24. The van der Waals surface area contributed by atoms with Crippen LogP contribution in [0.15, 0.2) is 16.8 Å². The number of anilines is 1. The van der Waals surface area contributed by atoms with E-state index in [-0.39, 0.29) is 0 Å². The van der Waals surface area contributed by atoms with Gasteiger partial charge in [0.05, 0.1) is 5.69 Å². The second-order valence-electron chi connectivity index (χ2n) is 4.98. The summed E-state index contributed by atoms with van der Waals surface area (Å²) in [6.45, 7) is 6.23. The Labute approximate surface area is 123 Å². The Bertz CT molecular complexity index is 503. The van der Waals surface area contributed by atoms with Gasteiger partial charge in [0.25, 0.3) is 0 Å². The van der Waals surface area contributed by atoms with Crippen molar-refractivity contribution in [2.24, 2.45) is 0 Å². The van der Waals surface area contributed by atoms with Crippen LogP contribution >= 0.6 is 22.7 Å². The van der Waals surface area contributed by atoms with Crippen LogP contribution in [0.1, 0.15) is 35.9 Å². The number of thiophene rings is 1. The van der Waals surface area contributed by atoms with Gasteiger partial charge in [0.1, 0.15) is 0 Å². The van der Waals surface area contributed by atoms with Crippen molar-refractivity contribution in [3.8, 4) is 0 Å². The molecular weight excluding hydrogens is 274 g/mol. The van der Waals surface area contributed by atoms with Gasteiger partial charge >= 0.3 is 0 Å². The molecule has 0 bridgehead atoms. The Morgan fingerprint density at radius 1 is 1.42 bits per heavy atom. The molecule has 2 aromatic rings. The van der Waals surface area contributed by atoms with Crippen molar-refractivity contribution in [1.82, 2.24) is 10.3 Å². The fourth-order valence-corrected chi connectivity index (χ4v) is 3.82. The SMILES string of the molecule is CNCc1sc(N(C)Cc2ccsc2)nc1C(C)C. The summed E-state index contributed by atoms with van der Waals surface area (Å²) in [4.78, 5) is 8.40. The van der Waals surface area contributed by atoms with Crippen molar-refractivity contribution in [1.29, 1.82) is 0 Å². The lowest BCUT2D eigenvalue weighted by molar-refractivity contribution is 0.768. The van der Waals surface area contributed by atoms with Gasteiger partial charge in [-0.2, -0.15) is 11.3 Å². The highest BCUT2D eigenvalue weighted by Gasteiger charge is 2.16. The lowest BCUT2D eigenvalue weighted by Crippen LogP contribution is -2.15. The number of rotatable bonds is 6. The number of nitrogens with zero attached hydrogens (tertiary/aromatic N) is 2. The van der Waals surface area contributed by atoms with Gasteiger partial charge in [-0.25, -0.2) is 4.98 Å². The Morgan fingerprint density at radius 2 is 2.21 bits per heavy atom. The summed E-state index contributed by atoms with van der Waals surface area (Å²) < 4.78 is 0. The van der Waals surface area contributed by atoms with Crippen LogP contribution in [0.25, 0.3) is 0 Å². The van der Waals surface area contributed by atoms with Crippen molar-refractivity contribution in [3.63, 3.8) is 0 Å². The third-order valence-electron chi connectivity index (χ3n) is 2.93. The number of aromatic nitrogens is 1. The van der Waals surface area contributed by atoms with E-state index in [1.165, 1.54) is 16.1 Å². The van der Waals surface area contributed by atoms with Crippen LogP contribution < -0.4 is 10.2 Å². The minimum Gasteiger partial charge on any atom is -0.347 e. The van der Waals surface area contributed by atoms with E-state index in [4.69, 9.17) is 4.98 Å². The molecular formula is C14H21N3S2. The van der Waals surface area contributed by atoms with Crippen LogP contribution in [0.4, 0.5) is 5.13 Å². The van der Waals surface area contributed by atoms with Crippen LogP contribution in [0.3, 0.4) is 0 Å². The van der Waals surface area contributed by atoms with Gasteiger partial charge in [-0.3, -0.25) is 0 Å². The molecule has 0 fully saturated rings. The molecule has 2 rings (SSSR count). The lowest BCUT2D eigenvalue weighted by Gasteiger charge is -2.14. The molecule has 0 amide bonds. The zero-order valence-corrected chi connectivity index (χ0v) is 13.6. The molecule has 1 N–H and O–H groups in total. The van der Waals surface area contributed by atoms with Crippen LogP contribution in [0.5, 0.6) is 0 Å². The zero-order valence-electron chi connectivity index (χ0n) is 11.9. The quantitative estimate of drug-likeness (QED) is 0.881. The maximum absolute atomic E-state index is 4.82. The van der Waals surface area contributed by atoms with Crippen molar-refractivity contribution in [3.05, 3.63) is 33.0 Å². The predicted octanol–water partition coefficient (Wildman–Crippen LogP) is 3.68. The summed E-state index contributed by atoms with van der Waals surface area (Å²) in [7, 11) is 4.10. The van der Waals surface area contributed by atoms with Gasteiger partial charge < -0.3 is 10.2 Å². The summed E-state index contributed by atoms with van der Waals surface area (Å²) in [5, 5.41) is 8.66. The second kappa shape index (κ2) is 6.50. The Kier molecular flexibility index (Phi) is 4.96. The molecule has 5 heteroatoms. The highest BCUT2D eigenvalue weighted by Crippen LogP contribution is 2.31. The minimum absolute atomic E-state index is 0.475. The highest BCUT2D eigenvalue weighted by molar-refractivity contribution is 7.15. The number of nitrogens with one attached hydrogen (secondary N) is 1. The fraction of sp³-hybridized carbons (Fsp3) is 0.500. The predicted molar refractivity (Wildman–Crippen MR) is 85.4 cm³/mol. The lowest BCUT2D eigenvalue weighted by atomic mass is 10.1. The molecule has 0 saturated heterocycles. The average molecular weight is 295 g/mol. The Morgan fingerprint density at radius 3 is 2.79 bits per heavy atom. The first-order valence-electron chi connectivity index (χ1n) is 6.48. The summed E-state index contributed by atoms with van der Waals surface area (Å²) in [5.74, 6) is 0.475. The number of hydrogen-bond acceptors (Lipinski definition) is 5. The third-order valence-corrected chi connectivity index (χ3v) is 4.84. The maximum atomic E-state index is 4.82. The van der Waals surface area contributed by atoms with Crippen LogP contribution in [0, 0.1) is 0 Å². The third kappa shape index (κ3) is 3.55. The first kappa shape index (κ1) is 14.5. The molecule has 0 aromatic carbocycles. The van der Waals surface area contributed by atoms with Gasteiger partial charge in [0, 0.05) is 25.0 Å². The van der Waals surface area contributed by atoms with Gasteiger partial charge in [-0.05, 0) is 35.4 Å². The largest absolute Gasteiger partial charge is 0.347 e. The molecule has 0 atom stereocenters. The molecule has 0 aliphatic carbocycles. The van der Waals surface area contributed by atoms with E-state index in [2.05, 4.69) is 47.9 Å². The fourth-order valence-electron chi connectivity index (χ4n) is 1.98. The van der Waals surface area contributed by atoms with E-state index < -0.39 is 0 Å². The number of thiazole rings is 1. The smallest absolute Gasteiger partial charge is 0.185 e. The van der Waals surface area contributed by atoms with E-state index >= 15 is 0 Å². The van der Waals surface area contributed by atoms with E-state index in [9.17, 15) is 0 Å². The molecule has 19 heavy (non-hydrogen) atoms. The molecule has 0 saturated carbocycles. The maximum Gasteiger partial charge on any atom is 0.185 e. The summed E-state index contributed by atoms with van der Waals surface area (Å²) in [6, 6.07) is 2.17. The topological polar surface area (TPSA) is 28.2 Å². The number of hydrogen-bond donors (Lipinski definition) is 1. The van der Waals surface area contributed by atoms with Crippen molar-refractivity contribution >= 4 is 27.8 Å². The van der Waals surface area contributed by atoms with E-state index in [0.29, 0.717) is 5.92 Å². The molecule has 2 heterocycles. The monoisotopic (exact) mass is 295 g/mol.